The fourth-order valence-electron chi connectivity index (χ4n) is 1.26. The van der Waals surface area contributed by atoms with Gasteiger partial charge in [0.15, 0.2) is 0 Å². The molecule has 2 N–H and O–H groups in total. The van der Waals surface area contributed by atoms with E-state index >= 15 is 0 Å². The van der Waals surface area contributed by atoms with Gasteiger partial charge in [-0.1, -0.05) is 18.9 Å². The molecule has 0 bridgehead atoms. The van der Waals surface area contributed by atoms with E-state index in [9.17, 15) is 4.79 Å². The van der Waals surface area contributed by atoms with Crippen LogP contribution in [-0.4, -0.2) is 36.2 Å². The van der Waals surface area contributed by atoms with Gasteiger partial charge in [0, 0.05) is 12.1 Å². The van der Waals surface area contributed by atoms with Crippen LogP contribution < -0.4 is 5.32 Å². The summed E-state index contributed by atoms with van der Waals surface area (Å²) in [5, 5.41) is 11.8. The maximum absolute atomic E-state index is 10.5. The highest BCUT2D eigenvalue weighted by Crippen LogP contribution is 2.03. The highest BCUT2D eigenvalue weighted by Gasteiger charge is 1.97. The lowest BCUT2D eigenvalue weighted by Crippen LogP contribution is -2.16. The zero-order valence-electron chi connectivity index (χ0n) is 10.3. The lowest BCUT2D eigenvalue weighted by Gasteiger charge is -2.02. The molecule has 0 spiro atoms. The van der Waals surface area contributed by atoms with Crippen LogP contribution >= 0.6 is 11.8 Å². The van der Waals surface area contributed by atoms with E-state index in [1.54, 1.807) is 13.0 Å². The Morgan fingerprint density at radius 2 is 2.00 bits per heavy atom. The quantitative estimate of drug-likeness (QED) is 0.459. The Balaban J connectivity index is 3.21. The Hall–Kier alpha value is -0.480. The molecule has 0 atom stereocenters. The molecule has 94 valence electrons. The molecule has 0 rings (SSSR count). The van der Waals surface area contributed by atoms with Crippen molar-refractivity contribution in [3.05, 3.63) is 11.6 Å². The molecular formula is C12H23NO2S. The van der Waals surface area contributed by atoms with Crippen LogP contribution in [-0.2, 0) is 4.79 Å². The monoisotopic (exact) mass is 245 g/mol. The topological polar surface area (TPSA) is 49.3 Å². The summed E-state index contributed by atoms with van der Waals surface area (Å²) in [6.07, 6.45) is 8.89. The third-order valence-corrected chi connectivity index (χ3v) is 3.04. The zero-order valence-corrected chi connectivity index (χ0v) is 11.1. The number of nitrogens with one attached hydrogen (secondary N) is 1. The molecule has 0 aromatic carbocycles. The highest BCUT2D eigenvalue weighted by atomic mass is 32.2. The second-order valence-corrected chi connectivity index (χ2v) is 4.79. The van der Waals surface area contributed by atoms with Gasteiger partial charge in [0.1, 0.15) is 0 Å². The first-order valence-electron chi connectivity index (χ1n) is 5.78. The van der Waals surface area contributed by atoms with Crippen molar-refractivity contribution in [1.82, 2.24) is 5.32 Å². The van der Waals surface area contributed by atoms with Gasteiger partial charge < -0.3 is 10.4 Å². The van der Waals surface area contributed by atoms with Crippen molar-refractivity contribution in [2.75, 3.05) is 25.1 Å². The minimum absolute atomic E-state index is 0.410. The van der Waals surface area contributed by atoms with Crippen molar-refractivity contribution in [2.45, 2.75) is 32.6 Å². The summed E-state index contributed by atoms with van der Waals surface area (Å²) in [4.78, 5) is 10.5. The predicted octanol–water partition coefficient (Wildman–Crippen LogP) is 2.53. The first-order chi connectivity index (χ1) is 7.68. The summed E-state index contributed by atoms with van der Waals surface area (Å²) < 4.78 is 0. The van der Waals surface area contributed by atoms with Gasteiger partial charge in [0.05, 0.1) is 0 Å². The average Bonchev–Trinajstić information content (AvgIpc) is 2.26. The molecule has 0 aliphatic heterocycles. The molecule has 0 heterocycles. The normalized spacial score (nSPS) is 11.8. The summed E-state index contributed by atoms with van der Waals surface area (Å²) >= 11 is 1.90. The van der Waals surface area contributed by atoms with Gasteiger partial charge in [0.2, 0.25) is 0 Å². The smallest absolute Gasteiger partial charge is 0.330 e. The number of thioether (sulfide) groups is 1. The SMILES string of the molecule is CSCCCCCCNC/C=C(/C)C(=O)O. The zero-order chi connectivity index (χ0) is 12.2. The second kappa shape index (κ2) is 11.0. The molecule has 4 heteroatoms. The Morgan fingerprint density at radius 3 is 2.62 bits per heavy atom. The number of hydrogen-bond donors (Lipinski definition) is 2. The van der Waals surface area contributed by atoms with E-state index in [0.717, 1.165) is 6.54 Å². The molecule has 0 saturated carbocycles. The lowest BCUT2D eigenvalue weighted by atomic mass is 10.2. The number of unbranched alkanes of at least 4 members (excludes halogenated alkanes) is 3. The van der Waals surface area contributed by atoms with E-state index < -0.39 is 5.97 Å². The Kier molecular flexibility index (Phi) is 10.7. The summed E-state index contributed by atoms with van der Waals surface area (Å²) in [5.74, 6) is 0.424. The van der Waals surface area contributed by atoms with Gasteiger partial charge in [-0.25, -0.2) is 4.79 Å². The molecule has 0 aliphatic carbocycles. The van der Waals surface area contributed by atoms with Crippen LogP contribution in [0.2, 0.25) is 0 Å². The molecule has 0 aromatic rings. The predicted molar refractivity (Wildman–Crippen MR) is 71.1 cm³/mol. The van der Waals surface area contributed by atoms with Crippen LogP contribution in [0.3, 0.4) is 0 Å². The number of carboxylic acid groups (broad SMARTS) is 1. The standard InChI is InChI=1S/C12H23NO2S/c1-11(12(14)15)7-9-13-8-5-3-4-6-10-16-2/h7,13H,3-6,8-10H2,1-2H3,(H,14,15)/b11-7-. The third-order valence-electron chi connectivity index (χ3n) is 2.34. The van der Waals surface area contributed by atoms with E-state index in [1.807, 2.05) is 11.8 Å². The van der Waals surface area contributed by atoms with Gasteiger partial charge in [-0.15, -0.1) is 0 Å². The summed E-state index contributed by atoms with van der Waals surface area (Å²) in [6, 6.07) is 0. The highest BCUT2D eigenvalue weighted by molar-refractivity contribution is 7.98. The molecule has 0 amide bonds. The number of hydrogen-bond acceptors (Lipinski definition) is 3. The van der Waals surface area contributed by atoms with E-state index in [-0.39, 0.29) is 0 Å². The minimum atomic E-state index is -0.834. The van der Waals surface area contributed by atoms with E-state index in [1.165, 1.54) is 31.4 Å². The van der Waals surface area contributed by atoms with Gasteiger partial charge >= 0.3 is 5.97 Å². The lowest BCUT2D eigenvalue weighted by molar-refractivity contribution is -0.132. The molecule has 0 fully saturated rings. The summed E-state index contributed by atoms with van der Waals surface area (Å²) in [7, 11) is 0. The van der Waals surface area contributed by atoms with Crippen molar-refractivity contribution in [3.8, 4) is 0 Å². The maximum Gasteiger partial charge on any atom is 0.330 e. The first kappa shape index (κ1) is 15.5. The van der Waals surface area contributed by atoms with Gasteiger partial charge in [0.25, 0.3) is 0 Å². The molecular weight excluding hydrogens is 222 g/mol. The van der Waals surface area contributed by atoms with Gasteiger partial charge in [-0.2, -0.15) is 11.8 Å². The van der Waals surface area contributed by atoms with Crippen LogP contribution in [0.25, 0.3) is 0 Å². The van der Waals surface area contributed by atoms with Crippen LogP contribution in [0.15, 0.2) is 11.6 Å². The number of aliphatic carboxylic acids is 1. The number of carboxylic acids is 1. The van der Waals surface area contributed by atoms with Crippen molar-refractivity contribution < 1.29 is 9.90 Å². The van der Waals surface area contributed by atoms with Gasteiger partial charge in [-0.05, 0) is 38.3 Å². The molecule has 0 saturated heterocycles. The van der Waals surface area contributed by atoms with Crippen LogP contribution in [0.1, 0.15) is 32.6 Å². The summed E-state index contributed by atoms with van der Waals surface area (Å²) in [5.41, 5.74) is 0.410. The second-order valence-electron chi connectivity index (χ2n) is 3.80. The largest absolute Gasteiger partial charge is 0.478 e. The fraction of sp³-hybridized carbons (Fsp3) is 0.750. The fourth-order valence-corrected chi connectivity index (χ4v) is 1.76. The molecule has 0 unspecified atom stereocenters. The molecule has 3 nitrogen and oxygen atoms in total. The Labute approximate surface area is 103 Å². The summed E-state index contributed by atoms with van der Waals surface area (Å²) in [6.45, 7) is 3.25. The average molecular weight is 245 g/mol. The molecule has 0 aliphatic rings. The number of rotatable bonds is 10. The van der Waals surface area contributed by atoms with Crippen molar-refractivity contribution in [1.29, 1.82) is 0 Å². The van der Waals surface area contributed by atoms with Crippen molar-refractivity contribution in [3.63, 3.8) is 0 Å². The third kappa shape index (κ3) is 10.1. The Morgan fingerprint density at radius 1 is 1.31 bits per heavy atom. The van der Waals surface area contributed by atoms with Crippen LogP contribution in [0.4, 0.5) is 0 Å². The number of carbonyl (C=O) groups is 1. The van der Waals surface area contributed by atoms with Crippen molar-refractivity contribution in [2.24, 2.45) is 0 Å². The molecule has 16 heavy (non-hydrogen) atoms. The van der Waals surface area contributed by atoms with Crippen molar-refractivity contribution >= 4 is 17.7 Å². The van der Waals surface area contributed by atoms with Crippen LogP contribution in [0.5, 0.6) is 0 Å². The Bertz CT molecular complexity index is 217. The van der Waals surface area contributed by atoms with E-state index in [0.29, 0.717) is 12.1 Å². The van der Waals surface area contributed by atoms with E-state index in [2.05, 4.69) is 11.6 Å². The van der Waals surface area contributed by atoms with Crippen LogP contribution in [0, 0.1) is 0 Å². The van der Waals surface area contributed by atoms with E-state index in [4.69, 9.17) is 5.11 Å². The molecule has 0 aromatic heterocycles. The maximum atomic E-state index is 10.5. The molecule has 0 radical (unpaired) electrons. The minimum Gasteiger partial charge on any atom is -0.478 e. The van der Waals surface area contributed by atoms with Gasteiger partial charge in [-0.3, -0.25) is 0 Å². The first-order valence-corrected chi connectivity index (χ1v) is 7.17.